The number of nitrogens with one attached hydrogen (secondary N) is 1. The molecule has 0 atom stereocenters. The highest BCUT2D eigenvalue weighted by molar-refractivity contribution is 5.95. The summed E-state index contributed by atoms with van der Waals surface area (Å²) in [5.41, 5.74) is 9.44. The topological polar surface area (TPSA) is 93.8 Å². The van der Waals surface area contributed by atoms with Crippen molar-refractivity contribution < 1.29 is 18.0 Å². The molecule has 2 aromatic carbocycles. The van der Waals surface area contributed by atoms with Gasteiger partial charge in [-0.05, 0) is 65.4 Å². The molecule has 0 fully saturated rings. The Morgan fingerprint density at radius 2 is 1.76 bits per heavy atom. The number of amides is 1. The predicted molar refractivity (Wildman–Crippen MR) is 136 cm³/mol. The van der Waals surface area contributed by atoms with Crippen LogP contribution in [0.3, 0.4) is 0 Å². The number of alkyl halides is 3. The predicted octanol–water partition coefficient (Wildman–Crippen LogP) is 5.61. The van der Waals surface area contributed by atoms with Gasteiger partial charge >= 0.3 is 6.18 Å². The highest BCUT2D eigenvalue weighted by Crippen LogP contribution is 2.31. The summed E-state index contributed by atoms with van der Waals surface area (Å²) in [6, 6.07) is 15.2. The Kier molecular flexibility index (Phi) is 6.20. The summed E-state index contributed by atoms with van der Waals surface area (Å²) in [6.45, 7) is 2.31. The van der Waals surface area contributed by atoms with Gasteiger partial charge in [0.05, 0.1) is 11.1 Å². The number of nitrogens with zero attached hydrogens (tertiary/aromatic N) is 3. The number of nitrogen functional groups attached to an aromatic ring is 1. The Balaban J connectivity index is 1.31. The van der Waals surface area contributed by atoms with Crippen LogP contribution >= 0.6 is 0 Å². The summed E-state index contributed by atoms with van der Waals surface area (Å²) in [6.07, 6.45) is -0.0703. The van der Waals surface area contributed by atoms with E-state index in [-0.39, 0.29) is 5.91 Å². The van der Waals surface area contributed by atoms with Crippen molar-refractivity contribution >= 4 is 33.4 Å². The molecule has 0 aliphatic rings. The molecule has 0 aliphatic carbocycles. The molecule has 3 heterocycles. The lowest BCUT2D eigenvalue weighted by molar-refractivity contribution is -0.137. The number of carbonyl (C=O) groups is 1. The fourth-order valence-corrected chi connectivity index (χ4v) is 4.31. The Morgan fingerprint density at radius 1 is 0.946 bits per heavy atom. The lowest BCUT2D eigenvalue weighted by atomic mass is 10.0. The highest BCUT2D eigenvalue weighted by Gasteiger charge is 2.31. The average molecular weight is 502 g/mol. The van der Waals surface area contributed by atoms with E-state index in [0.29, 0.717) is 40.9 Å². The lowest BCUT2D eigenvalue weighted by Gasteiger charge is -2.12. The van der Waals surface area contributed by atoms with Crippen LogP contribution in [0.1, 0.15) is 38.3 Å². The van der Waals surface area contributed by atoms with Gasteiger partial charge in [0.1, 0.15) is 5.82 Å². The summed E-state index contributed by atoms with van der Waals surface area (Å²) >= 11 is 0. The van der Waals surface area contributed by atoms with E-state index in [1.807, 2.05) is 25.1 Å². The molecule has 0 bridgehead atoms. The summed E-state index contributed by atoms with van der Waals surface area (Å²) < 4.78 is 39.2. The van der Waals surface area contributed by atoms with E-state index in [2.05, 4.69) is 20.3 Å². The lowest BCUT2D eigenvalue weighted by Crippen LogP contribution is -2.23. The standard InChI is InChI=1S/C28H22F3N5O/c1-16-19(3-4-24-23(16)7-9-34-26(24)32)14-36-27(37)18-6-8-33-22(13-18)11-17-2-5-25-20(10-17)12-21(15-35-25)28(29,30)31/h2-10,12-13,15H,11,14H2,1H3,(H2,32,34)(H,36,37). The second-order valence-corrected chi connectivity index (χ2v) is 8.79. The van der Waals surface area contributed by atoms with Crippen molar-refractivity contribution in [3.8, 4) is 0 Å². The molecule has 0 spiro atoms. The van der Waals surface area contributed by atoms with Crippen molar-refractivity contribution in [3.05, 3.63) is 107 Å². The van der Waals surface area contributed by atoms with Gasteiger partial charge in [0, 0.05) is 53.6 Å². The summed E-state index contributed by atoms with van der Waals surface area (Å²) in [7, 11) is 0. The summed E-state index contributed by atoms with van der Waals surface area (Å²) in [5.74, 6) is 0.207. The third kappa shape index (κ3) is 5.06. The molecule has 3 aromatic heterocycles. The number of halogens is 3. The van der Waals surface area contributed by atoms with Crippen LogP contribution in [0.25, 0.3) is 21.7 Å². The number of pyridine rings is 3. The second kappa shape index (κ2) is 9.50. The van der Waals surface area contributed by atoms with E-state index in [0.717, 1.165) is 39.7 Å². The minimum atomic E-state index is -4.46. The molecular formula is C28H22F3N5O. The average Bonchev–Trinajstić information content (AvgIpc) is 2.88. The molecular weight excluding hydrogens is 479 g/mol. The second-order valence-electron chi connectivity index (χ2n) is 8.79. The fourth-order valence-electron chi connectivity index (χ4n) is 4.31. The minimum absolute atomic E-state index is 0.255. The zero-order chi connectivity index (χ0) is 26.2. The van der Waals surface area contributed by atoms with Crippen molar-refractivity contribution in [2.75, 3.05) is 5.73 Å². The minimum Gasteiger partial charge on any atom is -0.383 e. The molecule has 6 nitrogen and oxygen atoms in total. The number of aromatic nitrogens is 3. The zero-order valence-corrected chi connectivity index (χ0v) is 19.8. The molecule has 0 saturated heterocycles. The van der Waals surface area contributed by atoms with Crippen LogP contribution in [0.4, 0.5) is 19.0 Å². The molecule has 0 aliphatic heterocycles. The normalized spacial score (nSPS) is 11.7. The van der Waals surface area contributed by atoms with E-state index in [1.54, 1.807) is 42.7 Å². The van der Waals surface area contributed by atoms with Gasteiger partial charge in [-0.15, -0.1) is 0 Å². The van der Waals surface area contributed by atoms with Crippen LogP contribution in [0.15, 0.2) is 73.2 Å². The first-order valence-corrected chi connectivity index (χ1v) is 11.5. The van der Waals surface area contributed by atoms with Crippen molar-refractivity contribution in [1.82, 2.24) is 20.3 Å². The van der Waals surface area contributed by atoms with Crippen LogP contribution in [-0.4, -0.2) is 20.9 Å². The van der Waals surface area contributed by atoms with Crippen LogP contribution in [-0.2, 0) is 19.1 Å². The molecule has 1 amide bonds. The van der Waals surface area contributed by atoms with Crippen LogP contribution < -0.4 is 11.1 Å². The van der Waals surface area contributed by atoms with Crippen LogP contribution in [0.2, 0.25) is 0 Å². The summed E-state index contributed by atoms with van der Waals surface area (Å²) in [5, 5.41) is 5.19. The van der Waals surface area contributed by atoms with Gasteiger partial charge in [-0.1, -0.05) is 18.2 Å². The number of hydrogen-bond acceptors (Lipinski definition) is 5. The SMILES string of the molecule is Cc1c(CNC(=O)c2ccnc(Cc3ccc4ncc(C(F)(F)F)cc4c3)c2)ccc2c(N)nccc12. The van der Waals surface area contributed by atoms with Gasteiger partial charge in [0.25, 0.3) is 5.91 Å². The molecule has 0 saturated carbocycles. The number of fused-ring (bicyclic) bond motifs is 2. The third-order valence-electron chi connectivity index (χ3n) is 6.33. The monoisotopic (exact) mass is 501 g/mol. The highest BCUT2D eigenvalue weighted by atomic mass is 19.4. The van der Waals surface area contributed by atoms with Crippen LogP contribution in [0, 0.1) is 6.92 Å². The number of carbonyl (C=O) groups excluding carboxylic acids is 1. The zero-order valence-electron chi connectivity index (χ0n) is 19.8. The first-order chi connectivity index (χ1) is 17.7. The molecule has 186 valence electrons. The van der Waals surface area contributed by atoms with Crippen molar-refractivity contribution in [3.63, 3.8) is 0 Å². The maximum Gasteiger partial charge on any atom is 0.417 e. The Labute approximate surface area is 210 Å². The Hall–Kier alpha value is -4.53. The van der Waals surface area contributed by atoms with E-state index >= 15 is 0 Å². The number of aryl methyl sites for hydroxylation is 1. The molecule has 3 N–H and O–H groups in total. The smallest absolute Gasteiger partial charge is 0.383 e. The van der Waals surface area contributed by atoms with Gasteiger partial charge in [0.2, 0.25) is 0 Å². The molecule has 5 aromatic rings. The number of hydrogen-bond donors (Lipinski definition) is 2. The maximum atomic E-state index is 13.1. The van der Waals surface area contributed by atoms with Crippen LogP contribution in [0.5, 0.6) is 0 Å². The van der Waals surface area contributed by atoms with E-state index in [4.69, 9.17) is 5.73 Å². The maximum absolute atomic E-state index is 13.1. The van der Waals surface area contributed by atoms with Gasteiger partial charge in [-0.2, -0.15) is 13.2 Å². The molecule has 37 heavy (non-hydrogen) atoms. The first-order valence-electron chi connectivity index (χ1n) is 11.5. The summed E-state index contributed by atoms with van der Waals surface area (Å²) in [4.78, 5) is 25.2. The Morgan fingerprint density at radius 3 is 2.57 bits per heavy atom. The van der Waals surface area contributed by atoms with E-state index < -0.39 is 11.7 Å². The number of nitrogens with two attached hydrogens (primary N) is 1. The van der Waals surface area contributed by atoms with E-state index in [9.17, 15) is 18.0 Å². The first kappa shape index (κ1) is 24.2. The largest absolute Gasteiger partial charge is 0.417 e. The van der Waals surface area contributed by atoms with Gasteiger partial charge < -0.3 is 11.1 Å². The van der Waals surface area contributed by atoms with E-state index in [1.165, 1.54) is 0 Å². The Bertz CT molecular complexity index is 1650. The number of rotatable bonds is 5. The molecule has 0 unspecified atom stereocenters. The fraction of sp³-hybridized carbons (Fsp3) is 0.143. The molecule has 9 heteroatoms. The van der Waals surface area contributed by atoms with Crippen molar-refractivity contribution in [2.45, 2.75) is 26.1 Å². The van der Waals surface area contributed by atoms with Gasteiger partial charge in [-0.3, -0.25) is 14.8 Å². The van der Waals surface area contributed by atoms with Crippen molar-refractivity contribution in [1.29, 1.82) is 0 Å². The quantitative estimate of drug-likeness (QED) is 0.327. The van der Waals surface area contributed by atoms with Crippen molar-refractivity contribution in [2.24, 2.45) is 0 Å². The number of benzene rings is 2. The number of anilines is 1. The van der Waals surface area contributed by atoms with Gasteiger partial charge in [0.15, 0.2) is 0 Å². The molecule has 5 rings (SSSR count). The van der Waals surface area contributed by atoms with Gasteiger partial charge in [-0.25, -0.2) is 4.98 Å². The third-order valence-corrected chi connectivity index (χ3v) is 6.33. The molecule has 0 radical (unpaired) electrons.